The van der Waals surface area contributed by atoms with Crippen molar-refractivity contribution >= 4 is 0 Å². The third-order valence-electron chi connectivity index (χ3n) is 2.62. The van der Waals surface area contributed by atoms with Gasteiger partial charge in [-0.05, 0) is 38.8 Å². The Labute approximate surface area is 76.5 Å². The average molecular weight is 167 g/mol. The monoisotopic (exact) mass is 167 g/mol. The predicted molar refractivity (Wildman–Crippen MR) is 54.0 cm³/mol. The highest BCUT2D eigenvalue weighted by Gasteiger charge is 2.13. The molecule has 1 heterocycles. The highest BCUT2D eigenvalue weighted by molar-refractivity contribution is 5.07. The first-order valence-electron chi connectivity index (χ1n) is 5.07. The Hall–Kier alpha value is -0.460. The maximum Gasteiger partial charge on any atom is 0.0227 e. The Morgan fingerprint density at radius 3 is 2.42 bits per heavy atom. The van der Waals surface area contributed by atoms with Gasteiger partial charge in [-0.25, -0.2) is 0 Å². The van der Waals surface area contributed by atoms with Gasteiger partial charge in [0.15, 0.2) is 0 Å². The van der Waals surface area contributed by atoms with Gasteiger partial charge in [-0.3, -0.25) is 0 Å². The first-order valence-corrected chi connectivity index (χ1v) is 5.07. The highest BCUT2D eigenvalue weighted by Crippen LogP contribution is 2.22. The van der Waals surface area contributed by atoms with Crippen LogP contribution in [0.5, 0.6) is 0 Å². The fourth-order valence-corrected chi connectivity index (χ4v) is 1.65. The molecule has 1 heteroatoms. The van der Waals surface area contributed by atoms with E-state index in [1.807, 2.05) is 0 Å². The molecule has 1 nitrogen and oxygen atoms in total. The van der Waals surface area contributed by atoms with Crippen LogP contribution in [0.4, 0.5) is 0 Å². The summed E-state index contributed by atoms with van der Waals surface area (Å²) in [6.45, 7) is 10.3. The molecule has 0 aromatic heterocycles. The van der Waals surface area contributed by atoms with Crippen molar-refractivity contribution < 1.29 is 0 Å². The maximum absolute atomic E-state index is 2.46. The molecule has 0 aromatic carbocycles. The minimum atomic E-state index is 0.666. The topological polar surface area (TPSA) is 3.24 Å². The van der Waals surface area contributed by atoms with Crippen LogP contribution >= 0.6 is 0 Å². The Bertz CT molecular complexity index is 168. The normalized spacial score (nSPS) is 18.8. The van der Waals surface area contributed by atoms with Crippen molar-refractivity contribution in [3.63, 3.8) is 0 Å². The molecule has 0 radical (unpaired) electrons. The van der Waals surface area contributed by atoms with Crippen LogP contribution in [-0.4, -0.2) is 17.5 Å². The van der Waals surface area contributed by atoms with E-state index in [9.17, 15) is 0 Å². The van der Waals surface area contributed by atoms with Gasteiger partial charge in [0.05, 0.1) is 0 Å². The third kappa shape index (κ3) is 2.26. The van der Waals surface area contributed by atoms with E-state index in [-0.39, 0.29) is 0 Å². The second-order valence-electron chi connectivity index (χ2n) is 4.29. The molecule has 0 atom stereocenters. The molecular weight excluding hydrogens is 146 g/mol. The van der Waals surface area contributed by atoms with Crippen molar-refractivity contribution in [2.75, 3.05) is 6.54 Å². The zero-order chi connectivity index (χ0) is 9.14. The van der Waals surface area contributed by atoms with Gasteiger partial charge < -0.3 is 4.90 Å². The zero-order valence-corrected chi connectivity index (χ0v) is 8.80. The van der Waals surface area contributed by atoms with Gasteiger partial charge in [0, 0.05) is 12.6 Å². The van der Waals surface area contributed by atoms with Crippen LogP contribution < -0.4 is 0 Å². The van der Waals surface area contributed by atoms with E-state index in [0.717, 1.165) is 5.92 Å². The van der Waals surface area contributed by atoms with Gasteiger partial charge in [0.1, 0.15) is 0 Å². The summed E-state index contributed by atoms with van der Waals surface area (Å²) in [5.74, 6) is 0.728. The van der Waals surface area contributed by atoms with Gasteiger partial charge in [0.25, 0.3) is 0 Å². The first kappa shape index (κ1) is 9.63. The molecule has 0 aliphatic carbocycles. The van der Waals surface area contributed by atoms with Gasteiger partial charge >= 0.3 is 0 Å². The summed E-state index contributed by atoms with van der Waals surface area (Å²) in [6.07, 6.45) is 5.02. The summed E-state index contributed by atoms with van der Waals surface area (Å²) in [5.41, 5.74) is 1.62. The largest absolute Gasteiger partial charge is 0.375 e. The lowest BCUT2D eigenvalue weighted by Gasteiger charge is -2.31. The molecule has 0 N–H and O–H groups in total. The summed E-state index contributed by atoms with van der Waals surface area (Å²) in [5, 5.41) is 0. The smallest absolute Gasteiger partial charge is 0.0227 e. The minimum absolute atomic E-state index is 0.666. The van der Waals surface area contributed by atoms with Gasteiger partial charge in [0.2, 0.25) is 0 Å². The quantitative estimate of drug-likeness (QED) is 0.611. The molecule has 1 rings (SSSR count). The molecule has 0 aromatic rings. The third-order valence-corrected chi connectivity index (χ3v) is 2.62. The molecule has 0 amide bonds. The molecule has 12 heavy (non-hydrogen) atoms. The lowest BCUT2D eigenvalue weighted by molar-refractivity contribution is 0.285. The standard InChI is InChI=1S/C11H21N/c1-9(2)11-6-5-7-12(8-11)10(3)4/h8-10H,5-7H2,1-4H3. The van der Waals surface area contributed by atoms with Gasteiger partial charge in [-0.1, -0.05) is 19.4 Å². The lowest BCUT2D eigenvalue weighted by Crippen LogP contribution is -2.30. The summed E-state index contributed by atoms with van der Waals surface area (Å²) in [6, 6.07) is 0.666. The Morgan fingerprint density at radius 1 is 1.25 bits per heavy atom. The summed E-state index contributed by atoms with van der Waals surface area (Å²) < 4.78 is 0. The van der Waals surface area contributed by atoms with Crippen molar-refractivity contribution in [3.05, 3.63) is 11.8 Å². The lowest BCUT2D eigenvalue weighted by atomic mass is 9.96. The van der Waals surface area contributed by atoms with Crippen LogP contribution in [0.25, 0.3) is 0 Å². The fraction of sp³-hybridized carbons (Fsp3) is 0.818. The average Bonchev–Trinajstić information content (AvgIpc) is 2.04. The van der Waals surface area contributed by atoms with Crippen LogP contribution in [0.15, 0.2) is 11.8 Å². The molecule has 0 saturated carbocycles. The van der Waals surface area contributed by atoms with E-state index in [1.165, 1.54) is 19.4 Å². The van der Waals surface area contributed by atoms with E-state index < -0.39 is 0 Å². The summed E-state index contributed by atoms with van der Waals surface area (Å²) in [7, 11) is 0. The Morgan fingerprint density at radius 2 is 1.92 bits per heavy atom. The first-order chi connectivity index (χ1) is 5.61. The second-order valence-corrected chi connectivity index (χ2v) is 4.29. The fourth-order valence-electron chi connectivity index (χ4n) is 1.65. The molecule has 0 spiro atoms. The van der Waals surface area contributed by atoms with Crippen LogP contribution in [0.1, 0.15) is 40.5 Å². The number of hydrogen-bond donors (Lipinski definition) is 0. The number of rotatable bonds is 2. The molecule has 0 fully saturated rings. The van der Waals surface area contributed by atoms with Crippen molar-refractivity contribution in [3.8, 4) is 0 Å². The van der Waals surface area contributed by atoms with Crippen molar-refractivity contribution in [2.24, 2.45) is 5.92 Å². The number of nitrogens with zero attached hydrogens (tertiary/aromatic N) is 1. The van der Waals surface area contributed by atoms with E-state index in [2.05, 4.69) is 38.8 Å². The van der Waals surface area contributed by atoms with E-state index in [0.29, 0.717) is 6.04 Å². The van der Waals surface area contributed by atoms with Gasteiger partial charge in [-0.15, -0.1) is 0 Å². The van der Waals surface area contributed by atoms with E-state index in [1.54, 1.807) is 5.57 Å². The van der Waals surface area contributed by atoms with Crippen molar-refractivity contribution in [2.45, 2.75) is 46.6 Å². The zero-order valence-electron chi connectivity index (χ0n) is 8.80. The summed E-state index contributed by atoms with van der Waals surface area (Å²) in [4.78, 5) is 2.46. The SMILES string of the molecule is CC(C)C1=CN(C(C)C)CCC1. The van der Waals surface area contributed by atoms with Gasteiger partial charge in [-0.2, -0.15) is 0 Å². The molecule has 70 valence electrons. The molecule has 0 unspecified atom stereocenters. The van der Waals surface area contributed by atoms with E-state index >= 15 is 0 Å². The molecular formula is C11H21N. The Kier molecular flexibility index (Phi) is 3.19. The Balaban J connectivity index is 2.63. The predicted octanol–water partition coefficient (Wildman–Crippen LogP) is 3.03. The maximum atomic E-state index is 2.46. The van der Waals surface area contributed by atoms with E-state index in [4.69, 9.17) is 0 Å². The molecule has 0 bridgehead atoms. The number of hydrogen-bond acceptors (Lipinski definition) is 1. The van der Waals surface area contributed by atoms with Crippen LogP contribution in [0.3, 0.4) is 0 Å². The van der Waals surface area contributed by atoms with Crippen LogP contribution in [0, 0.1) is 5.92 Å². The molecule has 1 aliphatic heterocycles. The van der Waals surface area contributed by atoms with Crippen LogP contribution in [0.2, 0.25) is 0 Å². The molecule has 0 saturated heterocycles. The second kappa shape index (κ2) is 3.97. The molecule has 1 aliphatic rings. The van der Waals surface area contributed by atoms with Crippen molar-refractivity contribution in [1.29, 1.82) is 0 Å². The number of allylic oxidation sites excluding steroid dienone is 1. The van der Waals surface area contributed by atoms with Crippen LogP contribution in [-0.2, 0) is 0 Å². The summed E-state index contributed by atoms with van der Waals surface area (Å²) >= 11 is 0. The minimum Gasteiger partial charge on any atom is -0.375 e. The van der Waals surface area contributed by atoms with Crippen molar-refractivity contribution in [1.82, 2.24) is 4.90 Å². The highest BCUT2D eigenvalue weighted by atomic mass is 15.1.